The lowest BCUT2D eigenvalue weighted by Crippen LogP contribution is -2.30. The standard InChI is InChI=1S/C21H19N3O6/c1-14(30-18-9-7-17(8-10-18)24(27)28)20(25)23-16-5-2-4-15(12-16)21(26)22-13-19-6-3-11-29-19/h2-12,14H,13H2,1H3,(H,22,26)(H,23,25). The summed E-state index contributed by atoms with van der Waals surface area (Å²) in [6.07, 6.45) is 0.667. The predicted molar refractivity (Wildman–Crippen MR) is 108 cm³/mol. The minimum absolute atomic E-state index is 0.0680. The molecule has 0 spiro atoms. The minimum atomic E-state index is -0.858. The number of nitrogens with zero attached hydrogens (tertiary/aromatic N) is 1. The van der Waals surface area contributed by atoms with E-state index in [0.29, 0.717) is 22.8 Å². The molecule has 3 aromatic rings. The molecule has 1 atom stereocenters. The fraction of sp³-hybridized carbons (Fsp3) is 0.143. The molecule has 0 aliphatic rings. The Hall–Kier alpha value is -4.14. The van der Waals surface area contributed by atoms with Gasteiger partial charge in [0, 0.05) is 23.4 Å². The number of carbonyl (C=O) groups is 2. The van der Waals surface area contributed by atoms with Gasteiger partial charge in [-0.1, -0.05) is 6.07 Å². The van der Waals surface area contributed by atoms with E-state index in [4.69, 9.17) is 9.15 Å². The van der Waals surface area contributed by atoms with Gasteiger partial charge in [0.15, 0.2) is 6.10 Å². The second-order valence-corrected chi connectivity index (χ2v) is 6.34. The smallest absolute Gasteiger partial charge is 0.269 e. The first-order valence-corrected chi connectivity index (χ1v) is 9.05. The fourth-order valence-electron chi connectivity index (χ4n) is 2.57. The first kappa shape index (κ1) is 20.6. The van der Waals surface area contributed by atoms with Gasteiger partial charge in [-0.3, -0.25) is 19.7 Å². The van der Waals surface area contributed by atoms with Gasteiger partial charge < -0.3 is 19.8 Å². The number of amides is 2. The average Bonchev–Trinajstić information content (AvgIpc) is 3.26. The second-order valence-electron chi connectivity index (χ2n) is 6.34. The van der Waals surface area contributed by atoms with E-state index in [-0.39, 0.29) is 18.1 Å². The Morgan fingerprint density at radius 1 is 1.13 bits per heavy atom. The topological polar surface area (TPSA) is 124 Å². The number of rotatable bonds is 8. The van der Waals surface area contributed by atoms with Crippen LogP contribution in [0.25, 0.3) is 0 Å². The first-order valence-electron chi connectivity index (χ1n) is 9.05. The molecule has 0 aliphatic carbocycles. The van der Waals surface area contributed by atoms with Gasteiger partial charge in [0.25, 0.3) is 17.5 Å². The van der Waals surface area contributed by atoms with Gasteiger partial charge in [0.2, 0.25) is 0 Å². The van der Waals surface area contributed by atoms with Crippen LogP contribution < -0.4 is 15.4 Å². The number of nitro benzene ring substituents is 1. The van der Waals surface area contributed by atoms with Crippen LogP contribution in [0.2, 0.25) is 0 Å². The maximum atomic E-state index is 12.4. The molecule has 1 unspecified atom stereocenters. The molecule has 154 valence electrons. The van der Waals surface area contributed by atoms with Crippen molar-refractivity contribution in [2.24, 2.45) is 0 Å². The van der Waals surface area contributed by atoms with Crippen LogP contribution in [0.4, 0.5) is 11.4 Å². The molecule has 0 bridgehead atoms. The van der Waals surface area contributed by atoms with Gasteiger partial charge in [-0.15, -0.1) is 0 Å². The predicted octanol–water partition coefficient (Wildman–Crippen LogP) is 3.52. The summed E-state index contributed by atoms with van der Waals surface area (Å²) < 4.78 is 10.7. The normalized spacial score (nSPS) is 11.4. The number of hydrogen-bond acceptors (Lipinski definition) is 6. The van der Waals surface area contributed by atoms with Crippen LogP contribution in [-0.4, -0.2) is 22.8 Å². The van der Waals surface area contributed by atoms with Gasteiger partial charge in [-0.25, -0.2) is 0 Å². The molecule has 2 N–H and O–H groups in total. The summed E-state index contributed by atoms with van der Waals surface area (Å²) in [5, 5.41) is 16.1. The summed E-state index contributed by atoms with van der Waals surface area (Å²) in [6.45, 7) is 1.80. The SMILES string of the molecule is CC(Oc1ccc([N+](=O)[O-])cc1)C(=O)Nc1cccc(C(=O)NCc2ccco2)c1. The number of ether oxygens (including phenoxy) is 1. The Morgan fingerprint density at radius 2 is 1.90 bits per heavy atom. The number of benzene rings is 2. The third kappa shape index (κ3) is 5.44. The summed E-state index contributed by atoms with van der Waals surface area (Å²) >= 11 is 0. The molecule has 0 saturated heterocycles. The van der Waals surface area contributed by atoms with Gasteiger partial charge in [0.05, 0.1) is 17.7 Å². The van der Waals surface area contributed by atoms with Crippen molar-refractivity contribution in [2.45, 2.75) is 19.6 Å². The molecule has 0 fully saturated rings. The third-order valence-corrected chi connectivity index (χ3v) is 4.13. The van der Waals surface area contributed by atoms with E-state index < -0.39 is 16.9 Å². The lowest BCUT2D eigenvalue weighted by molar-refractivity contribution is -0.384. The Bertz CT molecular complexity index is 1030. The van der Waals surface area contributed by atoms with Crippen LogP contribution in [0, 0.1) is 10.1 Å². The highest BCUT2D eigenvalue weighted by molar-refractivity contribution is 5.98. The van der Waals surface area contributed by atoms with Crippen LogP contribution in [0.3, 0.4) is 0 Å². The molecule has 30 heavy (non-hydrogen) atoms. The average molecular weight is 409 g/mol. The third-order valence-electron chi connectivity index (χ3n) is 4.13. The van der Waals surface area contributed by atoms with Crippen LogP contribution in [0.1, 0.15) is 23.0 Å². The lowest BCUT2D eigenvalue weighted by atomic mass is 10.2. The van der Waals surface area contributed by atoms with E-state index in [9.17, 15) is 19.7 Å². The van der Waals surface area contributed by atoms with E-state index in [1.807, 2.05) is 0 Å². The van der Waals surface area contributed by atoms with Crippen molar-refractivity contribution in [1.82, 2.24) is 5.32 Å². The highest BCUT2D eigenvalue weighted by Crippen LogP contribution is 2.19. The van der Waals surface area contributed by atoms with Crippen LogP contribution in [0.5, 0.6) is 5.75 Å². The zero-order valence-electron chi connectivity index (χ0n) is 16.0. The summed E-state index contributed by atoms with van der Waals surface area (Å²) in [7, 11) is 0. The van der Waals surface area contributed by atoms with Gasteiger partial charge >= 0.3 is 0 Å². The summed E-state index contributed by atoms with van der Waals surface area (Å²) in [6, 6.07) is 15.4. The van der Waals surface area contributed by atoms with Crippen molar-refractivity contribution in [3.63, 3.8) is 0 Å². The van der Waals surface area contributed by atoms with Gasteiger partial charge in [-0.05, 0) is 49.4 Å². The van der Waals surface area contributed by atoms with E-state index in [1.165, 1.54) is 30.5 Å². The van der Waals surface area contributed by atoms with Crippen molar-refractivity contribution in [3.05, 3.63) is 88.4 Å². The quantitative estimate of drug-likeness (QED) is 0.433. The number of nitro groups is 1. The van der Waals surface area contributed by atoms with Crippen LogP contribution in [-0.2, 0) is 11.3 Å². The van der Waals surface area contributed by atoms with Gasteiger partial charge in [0.1, 0.15) is 11.5 Å². The lowest BCUT2D eigenvalue weighted by Gasteiger charge is -2.15. The molecule has 0 aliphatic heterocycles. The van der Waals surface area contributed by atoms with E-state index in [0.717, 1.165) is 0 Å². The number of furan rings is 1. The number of nitrogens with one attached hydrogen (secondary N) is 2. The molecule has 1 heterocycles. The Kier molecular flexibility index (Phi) is 6.43. The molecular formula is C21H19N3O6. The van der Waals surface area contributed by atoms with Crippen LogP contribution in [0.15, 0.2) is 71.3 Å². The highest BCUT2D eigenvalue weighted by atomic mass is 16.6. The summed E-state index contributed by atoms with van der Waals surface area (Å²) in [5.41, 5.74) is 0.745. The van der Waals surface area contributed by atoms with Crippen molar-refractivity contribution in [2.75, 3.05) is 5.32 Å². The maximum absolute atomic E-state index is 12.4. The van der Waals surface area contributed by atoms with Gasteiger partial charge in [-0.2, -0.15) is 0 Å². The molecule has 1 aromatic heterocycles. The Labute approximate surface area is 171 Å². The largest absolute Gasteiger partial charge is 0.481 e. The zero-order valence-corrected chi connectivity index (χ0v) is 16.0. The number of non-ortho nitro benzene ring substituents is 1. The zero-order chi connectivity index (χ0) is 21.5. The molecule has 9 nitrogen and oxygen atoms in total. The monoisotopic (exact) mass is 409 g/mol. The molecule has 2 amide bonds. The molecule has 3 rings (SSSR count). The maximum Gasteiger partial charge on any atom is 0.269 e. The van der Waals surface area contributed by atoms with Crippen molar-refractivity contribution < 1.29 is 23.7 Å². The highest BCUT2D eigenvalue weighted by Gasteiger charge is 2.16. The number of carbonyl (C=O) groups excluding carboxylic acids is 2. The minimum Gasteiger partial charge on any atom is -0.481 e. The van der Waals surface area contributed by atoms with Crippen molar-refractivity contribution in [3.8, 4) is 5.75 Å². The molecule has 2 aromatic carbocycles. The Balaban J connectivity index is 1.57. The fourth-order valence-corrected chi connectivity index (χ4v) is 2.57. The van der Waals surface area contributed by atoms with Crippen LogP contribution >= 0.6 is 0 Å². The van der Waals surface area contributed by atoms with Crippen molar-refractivity contribution in [1.29, 1.82) is 0 Å². The summed E-state index contributed by atoms with van der Waals surface area (Å²) in [4.78, 5) is 34.9. The second kappa shape index (κ2) is 9.37. The first-order chi connectivity index (χ1) is 14.4. The van der Waals surface area contributed by atoms with E-state index in [2.05, 4.69) is 10.6 Å². The molecule has 9 heteroatoms. The Morgan fingerprint density at radius 3 is 2.57 bits per heavy atom. The number of anilines is 1. The number of hydrogen-bond donors (Lipinski definition) is 2. The van der Waals surface area contributed by atoms with Crippen molar-refractivity contribution >= 4 is 23.2 Å². The molecule has 0 radical (unpaired) electrons. The van der Waals surface area contributed by atoms with E-state index >= 15 is 0 Å². The molecular weight excluding hydrogens is 390 g/mol. The molecule has 0 saturated carbocycles. The van der Waals surface area contributed by atoms with E-state index in [1.54, 1.807) is 43.3 Å². The summed E-state index contributed by atoms with van der Waals surface area (Å²) in [5.74, 6) is 0.221.